The highest BCUT2D eigenvalue weighted by Gasteiger charge is 2.48. The highest BCUT2D eigenvalue weighted by molar-refractivity contribution is 5.92. The molecule has 3 aromatic rings. The summed E-state index contributed by atoms with van der Waals surface area (Å²) in [5.41, 5.74) is -0.370. The van der Waals surface area contributed by atoms with E-state index in [9.17, 15) is 31.5 Å². The van der Waals surface area contributed by atoms with Gasteiger partial charge in [0.1, 0.15) is 11.5 Å². The zero-order chi connectivity index (χ0) is 31.1. The van der Waals surface area contributed by atoms with Gasteiger partial charge in [-0.25, -0.2) is 28.2 Å². The van der Waals surface area contributed by atoms with Gasteiger partial charge in [-0.05, 0) is 38.1 Å². The van der Waals surface area contributed by atoms with Crippen molar-refractivity contribution < 1.29 is 40.9 Å². The summed E-state index contributed by atoms with van der Waals surface area (Å²) in [6.45, 7) is 1.80. The van der Waals surface area contributed by atoms with E-state index in [1.54, 1.807) is 19.1 Å². The largest absolute Gasteiger partial charge is 0.416 e. The normalized spacial score (nSPS) is 16.1. The fourth-order valence-corrected chi connectivity index (χ4v) is 3.28. The fraction of sp³-hybridized carbons (Fsp3) is 0.600. The van der Waals surface area contributed by atoms with Crippen LogP contribution in [0.3, 0.4) is 0 Å². The number of ether oxygens (including phenoxy) is 1. The number of nitrogens with zero attached hydrogens (tertiary/aromatic N) is 5. The Morgan fingerprint density at radius 3 is 2.43 bits per heavy atom. The number of carbonyl (C=O) groups excluding carboxylic acids is 2. The van der Waals surface area contributed by atoms with Crippen molar-refractivity contribution in [3.05, 3.63) is 35.0 Å². The molecule has 0 aromatic carbocycles. The maximum atomic E-state index is 13.5. The second-order valence-corrected chi connectivity index (χ2v) is 10.2. The molecule has 12 nitrogen and oxygen atoms in total. The number of fused-ring (bicyclic) bond motifs is 1. The summed E-state index contributed by atoms with van der Waals surface area (Å²) in [6, 6.07) is 2.58. The minimum Gasteiger partial charge on any atom is -0.366 e. The Labute approximate surface area is 237 Å². The third kappa shape index (κ3) is 9.32. The molecule has 3 N–H and O–H groups in total. The Balaban J connectivity index is 0.000000305. The Hall–Kier alpha value is -3.89. The Morgan fingerprint density at radius 2 is 1.86 bits per heavy atom. The number of amides is 3. The number of rotatable bonds is 7. The number of hydrogen-bond donors (Lipinski definition) is 3. The van der Waals surface area contributed by atoms with Gasteiger partial charge in [-0.15, -0.1) is 0 Å². The number of aromatic nitrogens is 5. The van der Waals surface area contributed by atoms with Gasteiger partial charge in [-0.2, -0.15) is 13.2 Å². The number of H-pyrrole nitrogens is 1. The van der Waals surface area contributed by atoms with Crippen molar-refractivity contribution in [1.82, 2.24) is 40.8 Å². The second kappa shape index (κ2) is 13.4. The van der Waals surface area contributed by atoms with Crippen LogP contribution in [0.4, 0.5) is 26.7 Å². The Kier molecular flexibility index (Phi) is 10.4. The molecule has 4 heterocycles. The molecule has 42 heavy (non-hydrogen) atoms. The van der Waals surface area contributed by atoms with Crippen LogP contribution < -0.4 is 10.6 Å². The Bertz CT molecular complexity index is 1350. The molecule has 2 fully saturated rings. The number of hydrogen-bond acceptors (Lipinski definition) is 8. The molecule has 1 aliphatic heterocycles. The number of halogens is 5. The number of aromatic amines is 1. The molecule has 0 bridgehead atoms. The van der Waals surface area contributed by atoms with Crippen LogP contribution in [-0.2, 0) is 17.7 Å². The SMILES string of the molecule is C1CC1.CC(C)(OCCc1nc2nc(CN3CC(F)(F)CNC3=O)ccc2[nH]1)C(F)(F)F.CNC(=O)c1nonc1C. The van der Waals surface area contributed by atoms with Crippen LogP contribution in [0.25, 0.3) is 11.2 Å². The topological polar surface area (TPSA) is 151 Å². The van der Waals surface area contributed by atoms with Crippen LogP contribution in [0.1, 0.15) is 60.8 Å². The fourth-order valence-electron chi connectivity index (χ4n) is 3.28. The first-order valence-electron chi connectivity index (χ1n) is 13.1. The minimum atomic E-state index is -4.49. The average Bonchev–Trinajstić information content (AvgIpc) is 3.65. The molecule has 1 saturated carbocycles. The molecule has 0 radical (unpaired) electrons. The molecule has 17 heteroatoms. The molecular weight excluding hydrogens is 571 g/mol. The molecule has 0 atom stereocenters. The van der Waals surface area contributed by atoms with E-state index in [1.807, 2.05) is 0 Å². The number of imidazole rings is 1. The van der Waals surface area contributed by atoms with Crippen LogP contribution in [0.5, 0.6) is 0 Å². The summed E-state index contributed by atoms with van der Waals surface area (Å²) in [7, 11) is 1.52. The van der Waals surface area contributed by atoms with Crippen LogP contribution in [-0.4, -0.2) is 86.5 Å². The number of urea groups is 1. The summed E-state index contributed by atoms with van der Waals surface area (Å²) in [5, 5.41) is 11.4. The van der Waals surface area contributed by atoms with E-state index in [-0.39, 0.29) is 36.8 Å². The van der Waals surface area contributed by atoms with Gasteiger partial charge in [0.15, 0.2) is 16.9 Å². The summed E-state index contributed by atoms with van der Waals surface area (Å²) < 4.78 is 74.6. The van der Waals surface area contributed by atoms with E-state index in [0.29, 0.717) is 22.7 Å². The summed E-state index contributed by atoms with van der Waals surface area (Å²) in [4.78, 5) is 34.9. The van der Waals surface area contributed by atoms with Crippen molar-refractivity contribution >= 4 is 23.1 Å². The zero-order valence-corrected chi connectivity index (χ0v) is 23.6. The van der Waals surface area contributed by atoms with Gasteiger partial charge in [-0.1, -0.05) is 24.4 Å². The van der Waals surface area contributed by atoms with Crippen molar-refractivity contribution in [3.8, 4) is 0 Å². The minimum absolute atomic E-state index is 0.103. The highest BCUT2D eigenvalue weighted by atomic mass is 19.4. The van der Waals surface area contributed by atoms with Gasteiger partial charge in [-0.3, -0.25) is 4.79 Å². The van der Waals surface area contributed by atoms with Crippen molar-refractivity contribution in [2.24, 2.45) is 0 Å². The van der Waals surface area contributed by atoms with Gasteiger partial charge in [0.25, 0.3) is 11.8 Å². The lowest BCUT2D eigenvalue weighted by atomic mass is 10.1. The molecule has 0 spiro atoms. The number of carbonyl (C=O) groups is 2. The first-order chi connectivity index (χ1) is 19.6. The monoisotopic (exact) mass is 604 g/mol. The van der Waals surface area contributed by atoms with E-state index in [0.717, 1.165) is 18.7 Å². The van der Waals surface area contributed by atoms with E-state index in [4.69, 9.17) is 4.74 Å². The van der Waals surface area contributed by atoms with Gasteiger partial charge in [0.2, 0.25) is 0 Å². The van der Waals surface area contributed by atoms with Gasteiger partial charge in [0, 0.05) is 13.5 Å². The molecule has 5 rings (SSSR count). The summed E-state index contributed by atoms with van der Waals surface area (Å²) in [5.74, 6) is -2.93. The first-order valence-corrected chi connectivity index (χ1v) is 13.1. The first kappa shape index (κ1) is 32.6. The molecule has 0 unspecified atom stereocenters. The quantitative estimate of drug-likeness (QED) is 0.344. The predicted molar refractivity (Wildman–Crippen MR) is 139 cm³/mol. The summed E-state index contributed by atoms with van der Waals surface area (Å²) in [6.07, 6.45) is 0.112. The van der Waals surface area contributed by atoms with Crippen molar-refractivity contribution in [2.45, 2.75) is 70.7 Å². The molecule has 232 valence electrons. The van der Waals surface area contributed by atoms with Crippen LogP contribution in [0, 0.1) is 6.92 Å². The second-order valence-electron chi connectivity index (χ2n) is 10.2. The lowest BCUT2D eigenvalue weighted by Crippen LogP contribution is -2.56. The van der Waals surface area contributed by atoms with E-state index >= 15 is 0 Å². The van der Waals surface area contributed by atoms with Crippen molar-refractivity contribution in [1.29, 1.82) is 0 Å². The third-order valence-electron chi connectivity index (χ3n) is 5.95. The lowest BCUT2D eigenvalue weighted by Gasteiger charge is -2.32. The molecular formula is C25H33F5N8O4. The molecule has 3 aromatic heterocycles. The highest BCUT2D eigenvalue weighted by Crippen LogP contribution is 2.32. The smallest absolute Gasteiger partial charge is 0.366 e. The summed E-state index contributed by atoms with van der Waals surface area (Å²) >= 11 is 0. The average molecular weight is 605 g/mol. The lowest BCUT2D eigenvalue weighted by molar-refractivity contribution is -0.263. The third-order valence-corrected chi connectivity index (χ3v) is 5.95. The van der Waals surface area contributed by atoms with Crippen molar-refractivity contribution in [2.75, 3.05) is 26.7 Å². The number of alkyl halides is 5. The Morgan fingerprint density at radius 1 is 1.17 bits per heavy atom. The number of aryl methyl sites for hydroxylation is 1. The maximum Gasteiger partial charge on any atom is 0.416 e. The van der Waals surface area contributed by atoms with Gasteiger partial charge < -0.3 is 25.3 Å². The van der Waals surface area contributed by atoms with Crippen LogP contribution >= 0.6 is 0 Å². The van der Waals surface area contributed by atoms with E-state index < -0.39 is 36.8 Å². The van der Waals surface area contributed by atoms with E-state index in [1.165, 1.54) is 26.3 Å². The molecule has 3 amide bonds. The standard InChI is InChI=1S/C17H20F5N5O2.C5H7N3O2.C3H6/c1-15(2,17(20,21)22)29-6-5-12-25-11-4-3-10(24-13(11)26-12)7-27-9-16(18,19)8-23-14(27)28;1-3-4(5(9)6-2)8-10-7-3;1-2-3-1/h3-4H,5-9H2,1-2H3,(H,23,28)(H,24,25,26);1-2H3,(H,6,9);1-3H2. The van der Waals surface area contributed by atoms with Crippen molar-refractivity contribution in [3.63, 3.8) is 0 Å². The van der Waals surface area contributed by atoms with E-state index in [2.05, 4.69) is 40.5 Å². The number of nitrogens with one attached hydrogen (secondary N) is 3. The zero-order valence-electron chi connectivity index (χ0n) is 23.6. The van der Waals surface area contributed by atoms with Crippen LogP contribution in [0.2, 0.25) is 0 Å². The predicted octanol–water partition coefficient (Wildman–Crippen LogP) is 3.93. The molecule has 2 aliphatic rings. The molecule has 1 saturated heterocycles. The van der Waals surface area contributed by atoms with Gasteiger partial charge in [0.05, 0.1) is 37.5 Å². The van der Waals surface area contributed by atoms with Crippen LogP contribution in [0.15, 0.2) is 16.8 Å². The maximum absolute atomic E-state index is 13.5. The number of pyridine rings is 1. The van der Waals surface area contributed by atoms with Gasteiger partial charge >= 0.3 is 12.2 Å². The molecule has 1 aliphatic carbocycles.